The molecule has 0 saturated heterocycles. The zero-order valence-corrected chi connectivity index (χ0v) is 20.7. The standard InChI is InChI=1S/C26H32N2O2S2/c1-3-5-7-9-15-27-23(19-13-11-17-31-19)21-22(25(27)29)24(20-14-12-18-32-20)28(26(21)30)16-10-8-6-4-2/h11-14,17-18H,3-10,15-16H2,1-2H3. The van der Waals surface area contributed by atoms with Gasteiger partial charge in [0.25, 0.3) is 11.8 Å². The van der Waals surface area contributed by atoms with E-state index in [9.17, 15) is 9.59 Å². The molecule has 0 fully saturated rings. The minimum Gasteiger partial charge on any atom is -0.306 e. The fourth-order valence-electron chi connectivity index (χ4n) is 4.56. The maximum atomic E-state index is 13.8. The summed E-state index contributed by atoms with van der Waals surface area (Å²) in [7, 11) is 0. The summed E-state index contributed by atoms with van der Waals surface area (Å²) in [4.78, 5) is 33.3. The molecule has 2 aromatic heterocycles. The molecular formula is C26H32N2O2S2. The molecule has 0 saturated carbocycles. The summed E-state index contributed by atoms with van der Waals surface area (Å²) in [6.07, 6.45) is 8.76. The van der Waals surface area contributed by atoms with Crippen LogP contribution in [0.2, 0.25) is 0 Å². The van der Waals surface area contributed by atoms with Crippen LogP contribution < -0.4 is 0 Å². The zero-order chi connectivity index (χ0) is 22.5. The molecule has 0 atom stereocenters. The smallest absolute Gasteiger partial charge is 0.261 e. The second kappa shape index (κ2) is 10.6. The lowest BCUT2D eigenvalue weighted by molar-refractivity contribution is -0.124. The van der Waals surface area contributed by atoms with Crippen LogP contribution in [0.5, 0.6) is 0 Å². The van der Waals surface area contributed by atoms with Gasteiger partial charge in [-0.1, -0.05) is 64.5 Å². The Morgan fingerprint density at radius 3 is 1.44 bits per heavy atom. The number of carbonyl (C=O) groups excluding carboxylic acids is 2. The van der Waals surface area contributed by atoms with Crippen molar-refractivity contribution in [2.45, 2.75) is 65.2 Å². The van der Waals surface area contributed by atoms with E-state index < -0.39 is 0 Å². The molecule has 2 aromatic rings. The molecule has 170 valence electrons. The number of nitrogens with zero attached hydrogens (tertiary/aromatic N) is 2. The van der Waals surface area contributed by atoms with E-state index in [1.807, 2.05) is 44.8 Å². The Balaban J connectivity index is 1.75. The highest BCUT2D eigenvalue weighted by molar-refractivity contribution is 7.11. The van der Waals surface area contributed by atoms with Gasteiger partial charge in [0.2, 0.25) is 0 Å². The molecule has 6 heteroatoms. The van der Waals surface area contributed by atoms with E-state index in [0.29, 0.717) is 24.2 Å². The number of thiophene rings is 2. The number of hydrogen-bond donors (Lipinski definition) is 0. The molecule has 0 unspecified atom stereocenters. The Hall–Kier alpha value is -2.18. The van der Waals surface area contributed by atoms with Gasteiger partial charge in [-0.05, 0) is 35.7 Å². The van der Waals surface area contributed by atoms with Crippen molar-refractivity contribution in [3.05, 3.63) is 55.9 Å². The minimum atomic E-state index is -0.00675. The summed E-state index contributed by atoms with van der Waals surface area (Å²) in [5.74, 6) is -0.0135. The van der Waals surface area contributed by atoms with E-state index in [2.05, 4.69) is 13.8 Å². The van der Waals surface area contributed by atoms with Gasteiger partial charge in [-0.25, -0.2) is 0 Å². The molecule has 4 rings (SSSR count). The van der Waals surface area contributed by atoms with Crippen molar-refractivity contribution in [1.29, 1.82) is 0 Å². The van der Waals surface area contributed by atoms with Gasteiger partial charge < -0.3 is 9.80 Å². The topological polar surface area (TPSA) is 40.6 Å². The molecule has 0 N–H and O–H groups in total. The summed E-state index contributed by atoms with van der Waals surface area (Å²) >= 11 is 3.21. The second-order valence-corrected chi connectivity index (χ2v) is 10.3. The normalized spacial score (nSPS) is 16.2. The molecule has 2 aliphatic rings. The summed E-state index contributed by atoms with van der Waals surface area (Å²) in [6, 6.07) is 8.06. The first kappa shape index (κ1) is 23.0. The second-order valence-electron chi connectivity index (χ2n) is 8.44. The third kappa shape index (κ3) is 4.35. The number of fused-ring (bicyclic) bond motifs is 1. The molecule has 2 amide bonds. The molecule has 0 aliphatic carbocycles. The van der Waals surface area contributed by atoms with Crippen LogP contribution >= 0.6 is 22.7 Å². The number of rotatable bonds is 12. The van der Waals surface area contributed by atoms with Gasteiger partial charge in [-0.15, -0.1) is 22.7 Å². The molecule has 0 aromatic carbocycles. The van der Waals surface area contributed by atoms with Crippen LogP contribution in [-0.4, -0.2) is 34.7 Å². The number of unbranched alkanes of at least 4 members (excludes halogenated alkanes) is 6. The first-order valence-electron chi connectivity index (χ1n) is 11.9. The lowest BCUT2D eigenvalue weighted by atomic mass is 10.1. The third-order valence-corrected chi connectivity index (χ3v) is 7.91. The molecule has 4 nitrogen and oxygen atoms in total. The Bertz CT molecular complexity index is 921. The van der Waals surface area contributed by atoms with Crippen molar-refractivity contribution in [3.63, 3.8) is 0 Å². The van der Waals surface area contributed by atoms with Gasteiger partial charge in [0.05, 0.1) is 32.3 Å². The first-order chi connectivity index (χ1) is 15.7. The molecule has 4 heterocycles. The Morgan fingerprint density at radius 2 is 1.09 bits per heavy atom. The Labute approximate surface area is 199 Å². The summed E-state index contributed by atoms with van der Waals surface area (Å²) in [6.45, 7) is 5.72. The molecule has 0 spiro atoms. The molecule has 32 heavy (non-hydrogen) atoms. The van der Waals surface area contributed by atoms with Crippen molar-refractivity contribution in [1.82, 2.24) is 9.80 Å². The molecular weight excluding hydrogens is 436 g/mol. The molecule has 0 radical (unpaired) electrons. The van der Waals surface area contributed by atoms with Gasteiger partial charge in [-0.3, -0.25) is 9.59 Å². The lowest BCUT2D eigenvalue weighted by Gasteiger charge is -2.24. The van der Waals surface area contributed by atoms with Crippen LogP contribution in [0.1, 0.15) is 75.0 Å². The fourth-order valence-corrected chi connectivity index (χ4v) is 6.12. The fraction of sp³-hybridized carbons (Fsp3) is 0.462. The van der Waals surface area contributed by atoms with Crippen LogP contribution in [0.15, 0.2) is 46.2 Å². The van der Waals surface area contributed by atoms with Crippen molar-refractivity contribution in [3.8, 4) is 0 Å². The van der Waals surface area contributed by atoms with Crippen molar-refractivity contribution < 1.29 is 9.59 Å². The third-order valence-electron chi connectivity index (χ3n) is 6.16. The molecule has 2 aliphatic heterocycles. The van der Waals surface area contributed by atoms with Crippen LogP contribution in [0.3, 0.4) is 0 Å². The number of hydrogen-bond acceptors (Lipinski definition) is 4. The van der Waals surface area contributed by atoms with Crippen LogP contribution in [0.4, 0.5) is 0 Å². The van der Waals surface area contributed by atoms with Crippen molar-refractivity contribution >= 4 is 45.9 Å². The van der Waals surface area contributed by atoms with E-state index in [4.69, 9.17) is 0 Å². The summed E-state index contributed by atoms with van der Waals surface area (Å²) < 4.78 is 0. The quantitative estimate of drug-likeness (QED) is 0.322. The number of amides is 2. The van der Waals surface area contributed by atoms with Gasteiger partial charge in [0, 0.05) is 13.1 Å². The summed E-state index contributed by atoms with van der Waals surface area (Å²) in [5.41, 5.74) is 2.89. The van der Waals surface area contributed by atoms with Crippen molar-refractivity contribution in [2.75, 3.05) is 13.1 Å². The first-order valence-corrected chi connectivity index (χ1v) is 13.6. The maximum Gasteiger partial charge on any atom is 0.261 e. The van der Waals surface area contributed by atoms with Gasteiger partial charge >= 0.3 is 0 Å². The van der Waals surface area contributed by atoms with E-state index in [1.165, 1.54) is 12.8 Å². The lowest BCUT2D eigenvalue weighted by Crippen LogP contribution is -2.30. The summed E-state index contributed by atoms with van der Waals surface area (Å²) in [5, 5.41) is 4.04. The van der Waals surface area contributed by atoms with Crippen LogP contribution in [0.25, 0.3) is 11.4 Å². The highest BCUT2D eigenvalue weighted by atomic mass is 32.1. The molecule has 0 bridgehead atoms. The van der Waals surface area contributed by atoms with E-state index in [0.717, 1.165) is 59.7 Å². The number of carbonyl (C=O) groups is 2. The van der Waals surface area contributed by atoms with Gasteiger partial charge in [0.1, 0.15) is 0 Å². The maximum absolute atomic E-state index is 13.8. The predicted octanol–water partition coefficient (Wildman–Crippen LogP) is 6.78. The highest BCUT2D eigenvalue weighted by Gasteiger charge is 2.48. The zero-order valence-electron chi connectivity index (χ0n) is 19.1. The van der Waals surface area contributed by atoms with E-state index in [-0.39, 0.29) is 11.8 Å². The average molecular weight is 469 g/mol. The van der Waals surface area contributed by atoms with Gasteiger partial charge in [0.15, 0.2) is 0 Å². The van der Waals surface area contributed by atoms with E-state index in [1.54, 1.807) is 22.7 Å². The average Bonchev–Trinajstić information content (AvgIpc) is 3.58. The monoisotopic (exact) mass is 468 g/mol. The Morgan fingerprint density at radius 1 is 0.656 bits per heavy atom. The van der Waals surface area contributed by atoms with E-state index >= 15 is 0 Å². The van der Waals surface area contributed by atoms with Crippen molar-refractivity contribution in [2.24, 2.45) is 0 Å². The minimum absolute atomic E-state index is 0.00675. The van der Waals surface area contributed by atoms with Gasteiger partial charge in [-0.2, -0.15) is 0 Å². The largest absolute Gasteiger partial charge is 0.306 e. The SMILES string of the molecule is CCCCCCN1C(=O)C2=C(c3cccs3)N(CCCCCC)C(=O)C2=C1c1cccs1. The predicted molar refractivity (Wildman–Crippen MR) is 134 cm³/mol. The van der Waals surface area contributed by atoms with Crippen LogP contribution in [0, 0.1) is 0 Å². The highest BCUT2D eigenvalue weighted by Crippen LogP contribution is 2.48. The van der Waals surface area contributed by atoms with Crippen LogP contribution in [-0.2, 0) is 9.59 Å². The Kier molecular flexibility index (Phi) is 7.63.